The average molecular weight is 464 g/mol. The maximum absolute atomic E-state index is 12.7. The summed E-state index contributed by atoms with van der Waals surface area (Å²) in [6.07, 6.45) is 0. The maximum Gasteiger partial charge on any atom is 0.269 e. The largest absolute Gasteiger partial charge is 0.298 e. The molecule has 0 unspecified atom stereocenters. The zero-order valence-electron chi connectivity index (χ0n) is 17.3. The average Bonchev–Trinajstić information content (AvgIpc) is 3.17. The number of hydrogen-bond acceptors (Lipinski definition) is 5. The smallest absolute Gasteiger partial charge is 0.269 e. The molecule has 1 aromatic heterocycles. The number of benzene rings is 3. The molecule has 0 aliphatic carbocycles. The van der Waals surface area contributed by atoms with Crippen molar-refractivity contribution in [3.8, 4) is 21.7 Å². The summed E-state index contributed by atoms with van der Waals surface area (Å²) in [6.45, 7) is 4.03. The van der Waals surface area contributed by atoms with Crippen LogP contribution in [-0.4, -0.2) is 15.8 Å². The molecule has 0 atom stereocenters. The Bertz CT molecular complexity index is 1320. The molecule has 0 spiro atoms. The number of anilines is 1. The van der Waals surface area contributed by atoms with Gasteiger partial charge in [-0.3, -0.25) is 20.2 Å². The number of nitro groups is 1. The highest BCUT2D eigenvalue weighted by molar-refractivity contribution is 7.19. The van der Waals surface area contributed by atoms with Gasteiger partial charge >= 0.3 is 0 Å². The molecule has 8 heteroatoms. The van der Waals surface area contributed by atoms with E-state index in [4.69, 9.17) is 16.6 Å². The number of carbonyl (C=O) groups is 1. The lowest BCUT2D eigenvalue weighted by molar-refractivity contribution is -0.384. The zero-order chi connectivity index (χ0) is 22.8. The van der Waals surface area contributed by atoms with E-state index in [1.165, 1.54) is 23.5 Å². The van der Waals surface area contributed by atoms with Crippen LogP contribution in [0, 0.1) is 24.0 Å². The molecule has 1 N–H and O–H groups in total. The Morgan fingerprint density at radius 2 is 1.72 bits per heavy atom. The number of non-ortho nitro benzene ring substituents is 1. The summed E-state index contributed by atoms with van der Waals surface area (Å²) >= 11 is 7.23. The van der Waals surface area contributed by atoms with Crippen LogP contribution < -0.4 is 5.32 Å². The first kappa shape index (κ1) is 21.7. The van der Waals surface area contributed by atoms with Gasteiger partial charge in [0.25, 0.3) is 11.6 Å². The topological polar surface area (TPSA) is 85.1 Å². The molecular formula is C24H18ClN3O3S. The van der Waals surface area contributed by atoms with Crippen molar-refractivity contribution in [3.05, 3.63) is 98.6 Å². The van der Waals surface area contributed by atoms with E-state index in [9.17, 15) is 14.9 Å². The van der Waals surface area contributed by atoms with E-state index in [1.807, 2.05) is 26.0 Å². The SMILES string of the molecule is Cc1ccc(-c2nc(NC(=O)c3ccc(Cl)cc3)sc2-c2ccc([N+](=O)[O-])cc2)c(C)c1. The number of halogens is 1. The number of nitro benzene ring substituents is 1. The van der Waals surface area contributed by atoms with Crippen molar-refractivity contribution < 1.29 is 9.72 Å². The van der Waals surface area contributed by atoms with Crippen LogP contribution in [0.1, 0.15) is 21.5 Å². The minimum Gasteiger partial charge on any atom is -0.298 e. The van der Waals surface area contributed by atoms with Gasteiger partial charge in [-0.05, 0) is 61.4 Å². The van der Waals surface area contributed by atoms with Crippen LogP contribution >= 0.6 is 22.9 Å². The Labute approximate surface area is 193 Å². The fourth-order valence-electron chi connectivity index (χ4n) is 3.34. The van der Waals surface area contributed by atoms with Crippen molar-refractivity contribution in [1.29, 1.82) is 0 Å². The lowest BCUT2D eigenvalue weighted by atomic mass is 10.0. The fourth-order valence-corrected chi connectivity index (χ4v) is 4.44. The second kappa shape index (κ2) is 8.90. The van der Waals surface area contributed by atoms with E-state index in [1.54, 1.807) is 36.4 Å². The molecule has 3 aromatic carbocycles. The quantitative estimate of drug-likeness (QED) is 0.257. The van der Waals surface area contributed by atoms with Crippen molar-refractivity contribution in [1.82, 2.24) is 4.98 Å². The van der Waals surface area contributed by atoms with Gasteiger partial charge in [-0.25, -0.2) is 4.98 Å². The Kier molecular flexibility index (Phi) is 6.03. The van der Waals surface area contributed by atoms with Crippen LogP contribution in [0.5, 0.6) is 0 Å². The predicted molar refractivity (Wildman–Crippen MR) is 129 cm³/mol. The lowest BCUT2D eigenvalue weighted by Crippen LogP contribution is -2.11. The van der Waals surface area contributed by atoms with Crippen molar-refractivity contribution >= 4 is 39.7 Å². The molecule has 0 fully saturated rings. The standard InChI is InChI=1S/C24H18ClN3O3S/c1-14-3-12-20(15(2)13-14)21-22(16-6-10-19(11-7-16)28(30)31)32-24(26-21)27-23(29)17-4-8-18(25)9-5-17/h3-13H,1-2H3,(H,26,27,29). The molecule has 6 nitrogen and oxygen atoms in total. The predicted octanol–water partition coefficient (Wildman–Crippen LogP) is 6.91. The molecular weight excluding hydrogens is 446 g/mol. The summed E-state index contributed by atoms with van der Waals surface area (Å²) in [5.74, 6) is -0.294. The Morgan fingerprint density at radius 3 is 2.34 bits per heavy atom. The van der Waals surface area contributed by atoms with Gasteiger partial charge in [0.1, 0.15) is 0 Å². The molecule has 0 aliphatic heterocycles. The van der Waals surface area contributed by atoms with Gasteiger partial charge < -0.3 is 0 Å². The molecule has 160 valence electrons. The molecule has 4 rings (SSSR count). The van der Waals surface area contributed by atoms with Gasteiger partial charge in [0.05, 0.1) is 15.5 Å². The van der Waals surface area contributed by atoms with Crippen LogP contribution in [-0.2, 0) is 0 Å². The minimum atomic E-state index is -0.431. The van der Waals surface area contributed by atoms with Crippen molar-refractivity contribution in [2.75, 3.05) is 5.32 Å². The fraction of sp³-hybridized carbons (Fsp3) is 0.0833. The maximum atomic E-state index is 12.7. The Morgan fingerprint density at radius 1 is 1.03 bits per heavy atom. The number of carbonyl (C=O) groups excluding carboxylic acids is 1. The monoisotopic (exact) mass is 463 g/mol. The number of nitrogens with one attached hydrogen (secondary N) is 1. The highest BCUT2D eigenvalue weighted by Crippen LogP contribution is 2.40. The summed E-state index contributed by atoms with van der Waals surface area (Å²) in [7, 11) is 0. The van der Waals surface area contributed by atoms with E-state index in [0.717, 1.165) is 27.1 Å². The van der Waals surface area contributed by atoms with E-state index < -0.39 is 4.92 Å². The summed E-state index contributed by atoms with van der Waals surface area (Å²) in [4.78, 5) is 28.8. The van der Waals surface area contributed by atoms with Crippen molar-refractivity contribution in [3.63, 3.8) is 0 Å². The highest BCUT2D eigenvalue weighted by atomic mass is 35.5. The molecule has 0 radical (unpaired) electrons. The minimum absolute atomic E-state index is 0.0163. The molecule has 32 heavy (non-hydrogen) atoms. The van der Waals surface area contributed by atoms with Crippen molar-refractivity contribution in [2.24, 2.45) is 0 Å². The summed E-state index contributed by atoms with van der Waals surface area (Å²) in [6, 6.07) is 19.0. The second-order valence-electron chi connectivity index (χ2n) is 7.28. The molecule has 0 bridgehead atoms. The lowest BCUT2D eigenvalue weighted by Gasteiger charge is -2.07. The summed E-state index contributed by atoms with van der Waals surface area (Å²) in [5, 5.41) is 14.9. The molecule has 4 aromatic rings. The zero-order valence-corrected chi connectivity index (χ0v) is 18.8. The normalized spacial score (nSPS) is 10.7. The third-order valence-corrected chi connectivity index (χ3v) is 6.20. The molecule has 1 heterocycles. The number of aromatic nitrogens is 1. The number of nitrogens with zero attached hydrogens (tertiary/aromatic N) is 2. The van der Waals surface area contributed by atoms with Crippen LogP contribution in [0.25, 0.3) is 21.7 Å². The number of thiazole rings is 1. The third kappa shape index (κ3) is 4.54. The van der Waals surface area contributed by atoms with E-state index in [2.05, 4.69) is 11.4 Å². The molecule has 0 saturated carbocycles. The summed E-state index contributed by atoms with van der Waals surface area (Å²) < 4.78 is 0. The van der Waals surface area contributed by atoms with Gasteiger partial charge in [0, 0.05) is 28.3 Å². The first-order chi connectivity index (χ1) is 15.3. The number of rotatable bonds is 5. The van der Waals surface area contributed by atoms with Gasteiger partial charge in [-0.15, -0.1) is 0 Å². The first-order valence-corrected chi connectivity index (χ1v) is 10.9. The molecule has 1 amide bonds. The van der Waals surface area contributed by atoms with E-state index >= 15 is 0 Å². The van der Waals surface area contributed by atoms with Gasteiger partial charge in [0.2, 0.25) is 0 Å². The van der Waals surface area contributed by atoms with Crippen LogP contribution in [0.3, 0.4) is 0 Å². The van der Waals surface area contributed by atoms with Crippen LogP contribution in [0.4, 0.5) is 10.8 Å². The van der Waals surface area contributed by atoms with Crippen LogP contribution in [0.2, 0.25) is 5.02 Å². The highest BCUT2D eigenvalue weighted by Gasteiger charge is 2.19. The number of amides is 1. The van der Waals surface area contributed by atoms with E-state index in [0.29, 0.717) is 21.4 Å². The summed E-state index contributed by atoms with van der Waals surface area (Å²) in [5.41, 5.74) is 5.11. The first-order valence-electron chi connectivity index (χ1n) is 9.72. The van der Waals surface area contributed by atoms with Gasteiger partial charge in [0.15, 0.2) is 5.13 Å². The number of aryl methyl sites for hydroxylation is 2. The van der Waals surface area contributed by atoms with Crippen LogP contribution in [0.15, 0.2) is 66.7 Å². The Balaban J connectivity index is 1.76. The third-order valence-electron chi connectivity index (χ3n) is 4.93. The second-order valence-corrected chi connectivity index (χ2v) is 8.72. The van der Waals surface area contributed by atoms with Gasteiger partial charge in [-0.2, -0.15) is 0 Å². The van der Waals surface area contributed by atoms with Crippen molar-refractivity contribution in [2.45, 2.75) is 13.8 Å². The van der Waals surface area contributed by atoms with Gasteiger partial charge in [-0.1, -0.05) is 46.7 Å². The molecule has 0 saturated heterocycles. The Hall–Kier alpha value is -3.55. The molecule has 0 aliphatic rings. The number of hydrogen-bond donors (Lipinski definition) is 1. The van der Waals surface area contributed by atoms with E-state index in [-0.39, 0.29) is 11.6 Å².